The van der Waals surface area contributed by atoms with Gasteiger partial charge >= 0.3 is 0 Å². The first-order valence-corrected chi connectivity index (χ1v) is 8.39. The van der Waals surface area contributed by atoms with Crippen LogP contribution in [-0.4, -0.2) is 25.5 Å². The number of aryl methyl sites for hydroxylation is 1. The number of hydrogen-bond acceptors (Lipinski definition) is 4. The number of carbonyl (C=O) groups excluding carboxylic acids is 2. The van der Waals surface area contributed by atoms with Gasteiger partial charge in [0.25, 0.3) is 11.8 Å². The molecule has 0 unspecified atom stereocenters. The highest BCUT2D eigenvalue weighted by Gasteiger charge is 2.14. The third-order valence-electron chi connectivity index (χ3n) is 3.22. The Morgan fingerprint density at radius 3 is 2.52 bits per heavy atom. The lowest BCUT2D eigenvalue weighted by Crippen LogP contribution is -2.44. The van der Waals surface area contributed by atoms with E-state index in [9.17, 15) is 9.59 Å². The van der Waals surface area contributed by atoms with Gasteiger partial charge in [-0.15, -0.1) is 0 Å². The molecule has 0 aliphatic rings. The molecule has 0 spiro atoms. The van der Waals surface area contributed by atoms with Crippen LogP contribution in [0.15, 0.2) is 40.9 Å². The molecule has 0 aliphatic carbocycles. The van der Waals surface area contributed by atoms with Crippen molar-refractivity contribution < 1.29 is 19.1 Å². The van der Waals surface area contributed by atoms with E-state index < -0.39 is 11.8 Å². The standard InChI is InChI=1S/C17H16BrClN2O4/c1-10-7-12(19)4-6-14(10)25-9-16(22)20-21-17(23)13-8-11(18)3-5-15(13)24-2/h3-8H,9H2,1-2H3,(H,20,22)(H,21,23). The average Bonchev–Trinajstić information content (AvgIpc) is 2.58. The van der Waals surface area contributed by atoms with E-state index >= 15 is 0 Å². The van der Waals surface area contributed by atoms with Crippen LogP contribution >= 0.6 is 27.5 Å². The zero-order valence-electron chi connectivity index (χ0n) is 13.6. The molecule has 6 nitrogen and oxygen atoms in total. The van der Waals surface area contributed by atoms with Crippen LogP contribution in [0.5, 0.6) is 11.5 Å². The highest BCUT2D eigenvalue weighted by Crippen LogP contribution is 2.23. The van der Waals surface area contributed by atoms with Crippen LogP contribution in [0.2, 0.25) is 5.02 Å². The minimum atomic E-state index is -0.505. The quantitative estimate of drug-likeness (QED) is 0.718. The molecule has 0 aromatic heterocycles. The molecule has 2 amide bonds. The van der Waals surface area contributed by atoms with E-state index in [-0.39, 0.29) is 12.2 Å². The lowest BCUT2D eigenvalue weighted by atomic mass is 10.2. The van der Waals surface area contributed by atoms with Gasteiger partial charge in [-0.05, 0) is 48.9 Å². The third-order valence-corrected chi connectivity index (χ3v) is 3.95. The summed E-state index contributed by atoms with van der Waals surface area (Å²) in [6.07, 6.45) is 0. The van der Waals surface area contributed by atoms with Crippen LogP contribution in [0.4, 0.5) is 0 Å². The largest absolute Gasteiger partial charge is 0.496 e. The van der Waals surface area contributed by atoms with Gasteiger partial charge in [0.05, 0.1) is 12.7 Å². The minimum Gasteiger partial charge on any atom is -0.496 e. The summed E-state index contributed by atoms with van der Waals surface area (Å²) in [5, 5.41) is 0.588. The normalized spacial score (nSPS) is 10.1. The SMILES string of the molecule is COc1ccc(Br)cc1C(=O)NNC(=O)COc1ccc(Cl)cc1C. The molecule has 8 heteroatoms. The van der Waals surface area contributed by atoms with Crippen LogP contribution in [-0.2, 0) is 4.79 Å². The zero-order chi connectivity index (χ0) is 18.4. The Balaban J connectivity index is 1.89. The van der Waals surface area contributed by atoms with E-state index in [2.05, 4.69) is 26.8 Å². The lowest BCUT2D eigenvalue weighted by molar-refractivity contribution is -0.123. The molecule has 2 rings (SSSR count). The van der Waals surface area contributed by atoms with E-state index in [0.717, 1.165) is 5.56 Å². The van der Waals surface area contributed by atoms with Gasteiger partial charge in [0.2, 0.25) is 0 Å². The summed E-state index contributed by atoms with van der Waals surface area (Å²) in [4.78, 5) is 24.0. The van der Waals surface area contributed by atoms with Gasteiger partial charge in [0.1, 0.15) is 11.5 Å². The van der Waals surface area contributed by atoms with Gasteiger partial charge < -0.3 is 9.47 Å². The van der Waals surface area contributed by atoms with Crippen molar-refractivity contribution in [2.24, 2.45) is 0 Å². The smallest absolute Gasteiger partial charge is 0.276 e. The molecular weight excluding hydrogens is 412 g/mol. The van der Waals surface area contributed by atoms with Crippen molar-refractivity contribution in [3.8, 4) is 11.5 Å². The number of rotatable bonds is 5. The maximum absolute atomic E-state index is 12.2. The predicted molar refractivity (Wildman–Crippen MR) is 98.0 cm³/mol. The Kier molecular flexibility index (Phi) is 6.66. The first-order chi connectivity index (χ1) is 11.9. The van der Waals surface area contributed by atoms with Crippen LogP contribution < -0.4 is 20.3 Å². The number of carbonyl (C=O) groups is 2. The van der Waals surface area contributed by atoms with Crippen LogP contribution in [0.3, 0.4) is 0 Å². The first kappa shape index (κ1) is 19.1. The zero-order valence-corrected chi connectivity index (χ0v) is 15.9. The number of amides is 2. The fourth-order valence-electron chi connectivity index (χ4n) is 2.01. The van der Waals surface area contributed by atoms with E-state index in [1.54, 1.807) is 36.4 Å². The molecule has 2 aromatic rings. The van der Waals surface area contributed by atoms with Crippen molar-refractivity contribution in [2.45, 2.75) is 6.92 Å². The summed E-state index contributed by atoms with van der Waals surface area (Å²) < 4.78 is 11.2. The van der Waals surface area contributed by atoms with Crippen molar-refractivity contribution in [1.82, 2.24) is 10.9 Å². The topological polar surface area (TPSA) is 76.7 Å². The van der Waals surface area contributed by atoms with E-state index in [4.69, 9.17) is 21.1 Å². The van der Waals surface area contributed by atoms with Crippen molar-refractivity contribution in [3.63, 3.8) is 0 Å². The Morgan fingerprint density at radius 2 is 1.84 bits per heavy atom. The maximum Gasteiger partial charge on any atom is 0.276 e. The van der Waals surface area contributed by atoms with Gasteiger partial charge in [-0.1, -0.05) is 27.5 Å². The second kappa shape index (κ2) is 8.73. The number of nitrogens with one attached hydrogen (secondary N) is 2. The molecular formula is C17H16BrClN2O4. The Hall–Kier alpha value is -2.25. The molecule has 0 radical (unpaired) electrons. The summed E-state index contributed by atoms with van der Waals surface area (Å²) in [6.45, 7) is 1.57. The van der Waals surface area contributed by atoms with Crippen LogP contribution in [0.1, 0.15) is 15.9 Å². The predicted octanol–water partition coefficient (Wildman–Crippen LogP) is 3.26. The molecule has 0 atom stereocenters. The van der Waals surface area contributed by atoms with E-state index in [1.165, 1.54) is 7.11 Å². The summed E-state index contributed by atoms with van der Waals surface area (Å²) in [7, 11) is 1.46. The average molecular weight is 428 g/mol. The number of hydrogen-bond donors (Lipinski definition) is 2. The molecule has 2 aromatic carbocycles. The molecule has 0 saturated heterocycles. The monoisotopic (exact) mass is 426 g/mol. The summed E-state index contributed by atoms with van der Waals surface area (Å²) in [5.41, 5.74) is 5.71. The fourth-order valence-corrected chi connectivity index (χ4v) is 2.59. The first-order valence-electron chi connectivity index (χ1n) is 7.22. The maximum atomic E-state index is 12.2. The fraction of sp³-hybridized carbons (Fsp3) is 0.176. The number of benzene rings is 2. The molecule has 0 saturated carbocycles. The summed E-state index contributed by atoms with van der Waals surface area (Å²) in [5.74, 6) is -0.0756. The number of ether oxygens (including phenoxy) is 2. The molecule has 132 valence electrons. The van der Waals surface area contributed by atoms with Crippen molar-refractivity contribution in [3.05, 3.63) is 57.0 Å². The molecule has 2 N–H and O–H groups in total. The lowest BCUT2D eigenvalue weighted by Gasteiger charge is -2.12. The van der Waals surface area contributed by atoms with Crippen LogP contribution in [0.25, 0.3) is 0 Å². The second-order valence-corrected chi connectivity index (χ2v) is 6.40. The molecule has 0 heterocycles. The van der Waals surface area contributed by atoms with Crippen molar-refractivity contribution in [1.29, 1.82) is 0 Å². The van der Waals surface area contributed by atoms with E-state index in [1.807, 2.05) is 6.92 Å². The summed E-state index contributed by atoms with van der Waals surface area (Å²) >= 11 is 9.15. The van der Waals surface area contributed by atoms with E-state index in [0.29, 0.717) is 21.0 Å². The van der Waals surface area contributed by atoms with Gasteiger partial charge in [-0.25, -0.2) is 0 Å². The number of halogens is 2. The van der Waals surface area contributed by atoms with Gasteiger partial charge in [-0.3, -0.25) is 20.4 Å². The Morgan fingerprint density at radius 1 is 1.12 bits per heavy atom. The molecule has 25 heavy (non-hydrogen) atoms. The second-order valence-electron chi connectivity index (χ2n) is 5.05. The van der Waals surface area contributed by atoms with Gasteiger partial charge in [0.15, 0.2) is 6.61 Å². The minimum absolute atomic E-state index is 0.252. The van der Waals surface area contributed by atoms with Crippen molar-refractivity contribution in [2.75, 3.05) is 13.7 Å². The third kappa shape index (κ3) is 5.37. The number of methoxy groups -OCH3 is 1. The Labute approximate surface area is 158 Å². The molecule has 0 fully saturated rings. The highest BCUT2D eigenvalue weighted by atomic mass is 79.9. The highest BCUT2D eigenvalue weighted by molar-refractivity contribution is 9.10. The van der Waals surface area contributed by atoms with Gasteiger partial charge in [-0.2, -0.15) is 0 Å². The van der Waals surface area contributed by atoms with Crippen molar-refractivity contribution >= 4 is 39.3 Å². The summed E-state index contributed by atoms with van der Waals surface area (Å²) in [6, 6.07) is 10.1. The Bertz CT molecular complexity index is 798. The number of hydrazine groups is 1. The van der Waals surface area contributed by atoms with Gasteiger partial charge in [0, 0.05) is 9.50 Å². The van der Waals surface area contributed by atoms with Crippen LogP contribution in [0, 0.1) is 6.92 Å². The molecule has 0 aliphatic heterocycles. The molecule has 0 bridgehead atoms.